The molecule has 0 radical (unpaired) electrons. The van der Waals surface area contributed by atoms with Crippen LogP contribution in [0, 0.1) is 18.3 Å². The van der Waals surface area contributed by atoms with E-state index >= 15 is 0 Å². The molecule has 0 saturated heterocycles. The van der Waals surface area contributed by atoms with E-state index in [2.05, 4.69) is 0 Å². The van der Waals surface area contributed by atoms with Gasteiger partial charge in [-0.3, -0.25) is 0 Å². The molecular formula is C15H13NO3S. The first kappa shape index (κ1) is 14.1. The minimum atomic E-state index is -3.68. The van der Waals surface area contributed by atoms with Crippen molar-refractivity contribution in [3.8, 4) is 6.07 Å². The van der Waals surface area contributed by atoms with Crippen LogP contribution in [-0.4, -0.2) is 8.42 Å². The first-order valence-corrected chi connectivity index (χ1v) is 7.61. The highest BCUT2D eigenvalue weighted by Gasteiger charge is 2.19. The van der Waals surface area contributed by atoms with E-state index in [1.54, 1.807) is 43.3 Å². The molecule has 0 saturated carbocycles. The molecule has 102 valence electrons. The fourth-order valence-electron chi connectivity index (χ4n) is 1.71. The number of benzene rings is 1. The molecule has 4 nitrogen and oxygen atoms in total. The van der Waals surface area contributed by atoms with E-state index in [0.29, 0.717) is 11.3 Å². The van der Waals surface area contributed by atoms with Crippen LogP contribution >= 0.6 is 0 Å². The number of allylic oxidation sites excluding steroid dienone is 1. The van der Waals surface area contributed by atoms with Gasteiger partial charge in [-0.05, 0) is 24.1 Å². The van der Waals surface area contributed by atoms with Crippen molar-refractivity contribution in [1.29, 1.82) is 5.26 Å². The first-order chi connectivity index (χ1) is 9.53. The highest BCUT2D eigenvalue weighted by Crippen LogP contribution is 2.19. The lowest BCUT2D eigenvalue weighted by atomic mass is 10.2. The molecule has 1 aromatic carbocycles. The average molecular weight is 287 g/mol. The molecular weight excluding hydrogens is 274 g/mol. The number of nitriles is 1. The Bertz CT molecular complexity index is 765. The van der Waals surface area contributed by atoms with Crippen LogP contribution < -0.4 is 0 Å². The van der Waals surface area contributed by atoms with Gasteiger partial charge in [0.15, 0.2) is 9.84 Å². The summed E-state index contributed by atoms with van der Waals surface area (Å²) >= 11 is 0. The predicted octanol–water partition coefficient (Wildman–Crippen LogP) is 3.07. The molecule has 1 aromatic heterocycles. The maximum atomic E-state index is 12.2. The topological polar surface area (TPSA) is 71.1 Å². The minimum absolute atomic E-state index is 0.201. The molecule has 0 atom stereocenters. The Balaban J connectivity index is 2.34. The fraction of sp³-hybridized carbons (Fsp3) is 0.133. The van der Waals surface area contributed by atoms with Crippen molar-refractivity contribution in [2.45, 2.75) is 12.7 Å². The van der Waals surface area contributed by atoms with Gasteiger partial charge in [-0.2, -0.15) is 5.26 Å². The SMILES string of the molecule is Cc1ccoc1C=C(C#N)S(=O)(=O)Cc1ccccc1. The van der Waals surface area contributed by atoms with E-state index in [0.717, 1.165) is 5.56 Å². The molecule has 2 rings (SSSR count). The summed E-state index contributed by atoms with van der Waals surface area (Å²) in [7, 11) is -3.68. The van der Waals surface area contributed by atoms with Crippen LogP contribution in [0.5, 0.6) is 0 Å². The summed E-state index contributed by atoms with van der Waals surface area (Å²) in [5, 5.41) is 9.09. The lowest BCUT2D eigenvalue weighted by Crippen LogP contribution is -2.06. The molecule has 0 spiro atoms. The third-order valence-corrected chi connectivity index (χ3v) is 4.40. The van der Waals surface area contributed by atoms with Crippen LogP contribution in [0.15, 0.2) is 52.0 Å². The van der Waals surface area contributed by atoms with E-state index in [-0.39, 0.29) is 10.7 Å². The second kappa shape index (κ2) is 5.76. The van der Waals surface area contributed by atoms with Crippen LogP contribution in [0.2, 0.25) is 0 Å². The molecule has 1 heterocycles. The first-order valence-electron chi connectivity index (χ1n) is 5.95. The van der Waals surface area contributed by atoms with Crippen LogP contribution in [0.4, 0.5) is 0 Å². The Morgan fingerprint density at radius 1 is 1.30 bits per heavy atom. The van der Waals surface area contributed by atoms with Crippen molar-refractivity contribution in [2.24, 2.45) is 0 Å². The van der Waals surface area contributed by atoms with Crippen molar-refractivity contribution >= 4 is 15.9 Å². The Labute approximate surface area is 117 Å². The number of hydrogen-bond donors (Lipinski definition) is 0. The van der Waals surface area contributed by atoms with Crippen molar-refractivity contribution in [3.05, 3.63) is 64.5 Å². The summed E-state index contributed by atoms with van der Waals surface area (Å²) in [4.78, 5) is -0.292. The second-order valence-corrected chi connectivity index (χ2v) is 6.29. The van der Waals surface area contributed by atoms with Gasteiger partial charge in [0.2, 0.25) is 0 Å². The van der Waals surface area contributed by atoms with Crippen LogP contribution in [-0.2, 0) is 15.6 Å². The highest BCUT2D eigenvalue weighted by molar-refractivity contribution is 7.95. The zero-order valence-corrected chi connectivity index (χ0v) is 11.7. The molecule has 0 unspecified atom stereocenters. The van der Waals surface area contributed by atoms with Crippen LogP contribution in [0.3, 0.4) is 0 Å². The summed E-state index contributed by atoms with van der Waals surface area (Å²) in [6.45, 7) is 1.79. The van der Waals surface area contributed by atoms with Crippen LogP contribution in [0.1, 0.15) is 16.9 Å². The van der Waals surface area contributed by atoms with E-state index in [9.17, 15) is 8.42 Å². The van der Waals surface area contributed by atoms with Gasteiger partial charge < -0.3 is 4.42 Å². The quantitative estimate of drug-likeness (QED) is 0.810. The summed E-state index contributed by atoms with van der Waals surface area (Å²) in [6.07, 6.45) is 2.73. The monoisotopic (exact) mass is 287 g/mol. The zero-order valence-electron chi connectivity index (χ0n) is 10.9. The molecule has 0 bridgehead atoms. The van der Waals surface area contributed by atoms with Crippen molar-refractivity contribution in [2.75, 3.05) is 0 Å². The van der Waals surface area contributed by atoms with Gasteiger partial charge in [-0.1, -0.05) is 30.3 Å². The summed E-state index contributed by atoms with van der Waals surface area (Å²) in [5.41, 5.74) is 1.43. The Kier molecular flexibility index (Phi) is 4.06. The smallest absolute Gasteiger partial charge is 0.192 e. The molecule has 0 aliphatic heterocycles. The normalized spacial score (nSPS) is 12.1. The Hall–Kier alpha value is -2.32. The molecule has 0 aliphatic rings. The fourth-order valence-corrected chi connectivity index (χ4v) is 2.93. The maximum absolute atomic E-state index is 12.2. The predicted molar refractivity (Wildman–Crippen MR) is 76.1 cm³/mol. The van der Waals surface area contributed by atoms with Crippen molar-refractivity contribution in [1.82, 2.24) is 0 Å². The standard InChI is InChI=1S/C15H13NO3S/c1-12-7-8-19-15(12)9-14(10-16)20(17,18)11-13-5-3-2-4-6-13/h2-9H,11H2,1H3. The van der Waals surface area contributed by atoms with Gasteiger partial charge >= 0.3 is 0 Å². The Morgan fingerprint density at radius 3 is 2.55 bits per heavy atom. The van der Waals surface area contributed by atoms with E-state index in [1.165, 1.54) is 12.3 Å². The number of rotatable bonds is 4. The summed E-state index contributed by atoms with van der Waals surface area (Å²) in [6, 6.07) is 12.2. The summed E-state index contributed by atoms with van der Waals surface area (Å²) < 4.78 is 29.6. The second-order valence-electron chi connectivity index (χ2n) is 4.33. The molecule has 20 heavy (non-hydrogen) atoms. The van der Waals surface area contributed by atoms with Crippen molar-refractivity contribution < 1.29 is 12.8 Å². The number of aryl methyl sites for hydroxylation is 1. The lowest BCUT2D eigenvalue weighted by molar-refractivity contribution is 0.554. The van der Waals surface area contributed by atoms with E-state index < -0.39 is 9.84 Å². The van der Waals surface area contributed by atoms with Gasteiger partial charge in [0.25, 0.3) is 0 Å². The number of sulfone groups is 1. The zero-order chi connectivity index (χ0) is 14.6. The average Bonchev–Trinajstić information content (AvgIpc) is 2.82. The molecule has 5 heteroatoms. The van der Waals surface area contributed by atoms with E-state index in [4.69, 9.17) is 9.68 Å². The molecule has 0 fully saturated rings. The Morgan fingerprint density at radius 2 is 2.00 bits per heavy atom. The van der Waals surface area contributed by atoms with Gasteiger partial charge in [-0.25, -0.2) is 8.42 Å². The number of furan rings is 1. The molecule has 0 amide bonds. The number of nitrogens with zero attached hydrogens (tertiary/aromatic N) is 1. The van der Waals surface area contributed by atoms with Crippen molar-refractivity contribution in [3.63, 3.8) is 0 Å². The van der Waals surface area contributed by atoms with Gasteiger partial charge in [0, 0.05) is 6.08 Å². The van der Waals surface area contributed by atoms with Crippen LogP contribution in [0.25, 0.3) is 6.08 Å². The minimum Gasteiger partial charge on any atom is -0.465 e. The highest BCUT2D eigenvalue weighted by atomic mass is 32.2. The third kappa shape index (κ3) is 3.16. The van der Waals surface area contributed by atoms with Gasteiger partial charge in [0.05, 0.1) is 12.0 Å². The lowest BCUT2D eigenvalue weighted by Gasteiger charge is -2.02. The molecule has 0 N–H and O–H groups in total. The largest absolute Gasteiger partial charge is 0.465 e. The molecule has 2 aromatic rings. The third-order valence-electron chi connectivity index (χ3n) is 2.81. The summed E-state index contributed by atoms with van der Waals surface area (Å²) in [5.74, 6) is 0.186. The number of hydrogen-bond acceptors (Lipinski definition) is 4. The maximum Gasteiger partial charge on any atom is 0.192 e. The molecule has 0 aliphatic carbocycles. The van der Waals surface area contributed by atoms with E-state index in [1.807, 2.05) is 6.07 Å². The van der Waals surface area contributed by atoms with Gasteiger partial charge in [-0.15, -0.1) is 0 Å². The van der Waals surface area contributed by atoms with Gasteiger partial charge in [0.1, 0.15) is 16.7 Å².